The maximum atomic E-state index is 13.0. The number of hydrogen-bond donors (Lipinski definition) is 1. The predicted molar refractivity (Wildman–Crippen MR) is 89.9 cm³/mol. The molecule has 0 fully saturated rings. The Morgan fingerprint density at radius 3 is 2.71 bits per heavy atom. The van der Waals surface area contributed by atoms with Gasteiger partial charge in [-0.15, -0.1) is 6.58 Å². The van der Waals surface area contributed by atoms with Crippen LogP contribution in [0.25, 0.3) is 22.8 Å². The summed E-state index contributed by atoms with van der Waals surface area (Å²) in [6.07, 6.45) is 3.17. The standard InChI is InChI=1S/C19H15FN2O2/c1-2-11-21-18(23)15-5-3-4-6-16(15)19-22-12-17(24-19)13-7-9-14(20)10-8-13/h2-10,12H,1,11H2,(H,21,23). The van der Waals surface area contributed by atoms with Crippen LogP contribution in [-0.4, -0.2) is 17.4 Å². The molecule has 0 atom stereocenters. The molecule has 0 unspecified atom stereocenters. The van der Waals surface area contributed by atoms with E-state index in [0.717, 1.165) is 0 Å². The third-order valence-corrected chi connectivity index (χ3v) is 3.44. The summed E-state index contributed by atoms with van der Waals surface area (Å²) in [6, 6.07) is 13.0. The van der Waals surface area contributed by atoms with Crippen molar-refractivity contribution < 1.29 is 13.6 Å². The smallest absolute Gasteiger partial charge is 0.252 e. The number of carbonyl (C=O) groups excluding carboxylic acids is 1. The molecular weight excluding hydrogens is 307 g/mol. The van der Waals surface area contributed by atoms with Gasteiger partial charge >= 0.3 is 0 Å². The lowest BCUT2D eigenvalue weighted by Crippen LogP contribution is -2.23. The molecule has 3 aromatic rings. The molecule has 5 heteroatoms. The first-order valence-corrected chi connectivity index (χ1v) is 7.39. The van der Waals surface area contributed by atoms with E-state index < -0.39 is 0 Å². The third kappa shape index (κ3) is 3.25. The van der Waals surface area contributed by atoms with E-state index in [0.29, 0.717) is 34.9 Å². The van der Waals surface area contributed by atoms with Crippen LogP contribution in [0.2, 0.25) is 0 Å². The zero-order valence-corrected chi connectivity index (χ0v) is 12.8. The molecule has 4 nitrogen and oxygen atoms in total. The topological polar surface area (TPSA) is 55.1 Å². The molecule has 0 saturated heterocycles. The van der Waals surface area contributed by atoms with E-state index in [1.807, 2.05) is 0 Å². The van der Waals surface area contributed by atoms with Crippen molar-refractivity contribution in [3.63, 3.8) is 0 Å². The van der Waals surface area contributed by atoms with Gasteiger partial charge in [-0.1, -0.05) is 18.2 Å². The van der Waals surface area contributed by atoms with Crippen LogP contribution < -0.4 is 5.32 Å². The van der Waals surface area contributed by atoms with Gasteiger partial charge in [0.05, 0.1) is 11.8 Å². The highest BCUT2D eigenvalue weighted by atomic mass is 19.1. The van der Waals surface area contributed by atoms with E-state index in [-0.39, 0.29) is 11.7 Å². The first-order valence-electron chi connectivity index (χ1n) is 7.39. The summed E-state index contributed by atoms with van der Waals surface area (Å²) in [5.74, 6) is 0.291. The molecule has 1 amide bonds. The van der Waals surface area contributed by atoms with Crippen LogP contribution in [0.5, 0.6) is 0 Å². The van der Waals surface area contributed by atoms with Crippen molar-refractivity contribution in [2.75, 3.05) is 6.54 Å². The van der Waals surface area contributed by atoms with Crippen LogP contribution in [0.4, 0.5) is 4.39 Å². The van der Waals surface area contributed by atoms with Crippen molar-refractivity contribution >= 4 is 5.91 Å². The number of halogens is 1. The molecule has 24 heavy (non-hydrogen) atoms. The fourth-order valence-corrected chi connectivity index (χ4v) is 2.27. The lowest BCUT2D eigenvalue weighted by Gasteiger charge is -2.06. The number of carbonyl (C=O) groups is 1. The summed E-state index contributed by atoms with van der Waals surface area (Å²) >= 11 is 0. The Morgan fingerprint density at radius 1 is 1.21 bits per heavy atom. The van der Waals surface area contributed by atoms with Crippen LogP contribution in [-0.2, 0) is 0 Å². The fourth-order valence-electron chi connectivity index (χ4n) is 2.27. The molecule has 0 saturated carbocycles. The maximum Gasteiger partial charge on any atom is 0.252 e. The number of amides is 1. The molecule has 1 aromatic heterocycles. The highest BCUT2D eigenvalue weighted by Crippen LogP contribution is 2.28. The van der Waals surface area contributed by atoms with Crippen LogP contribution in [0, 0.1) is 5.82 Å². The Hall–Kier alpha value is -3.21. The van der Waals surface area contributed by atoms with E-state index in [1.54, 1.807) is 48.7 Å². The first-order chi connectivity index (χ1) is 11.7. The average Bonchev–Trinajstić information content (AvgIpc) is 3.10. The van der Waals surface area contributed by atoms with Crippen molar-refractivity contribution in [3.8, 4) is 22.8 Å². The molecule has 0 spiro atoms. The Morgan fingerprint density at radius 2 is 1.96 bits per heavy atom. The fraction of sp³-hybridized carbons (Fsp3) is 0.0526. The van der Waals surface area contributed by atoms with Gasteiger partial charge in [-0.25, -0.2) is 9.37 Å². The molecule has 1 N–H and O–H groups in total. The second-order valence-electron chi connectivity index (χ2n) is 5.08. The van der Waals surface area contributed by atoms with Crippen molar-refractivity contribution in [2.24, 2.45) is 0 Å². The Labute approximate surface area is 138 Å². The minimum absolute atomic E-state index is 0.230. The van der Waals surface area contributed by atoms with Gasteiger partial charge < -0.3 is 9.73 Å². The minimum Gasteiger partial charge on any atom is -0.436 e. The number of hydrogen-bond acceptors (Lipinski definition) is 3. The maximum absolute atomic E-state index is 13.0. The van der Waals surface area contributed by atoms with Gasteiger partial charge in [0.2, 0.25) is 5.89 Å². The van der Waals surface area contributed by atoms with E-state index in [1.165, 1.54) is 12.1 Å². The highest BCUT2D eigenvalue weighted by molar-refractivity contribution is 6.00. The normalized spacial score (nSPS) is 10.4. The van der Waals surface area contributed by atoms with Crippen LogP contribution in [0.1, 0.15) is 10.4 Å². The van der Waals surface area contributed by atoms with Gasteiger partial charge in [-0.05, 0) is 36.4 Å². The SMILES string of the molecule is C=CCNC(=O)c1ccccc1-c1ncc(-c2ccc(F)cc2)o1. The Bertz CT molecular complexity index is 869. The molecule has 120 valence electrons. The van der Waals surface area contributed by atoms with Gasteiger partial charge in [0.1, 0.15) is 5.82 Å². The lowest BCUT2D eigenvalue weighted by molar-refractivity contribution is 0.0958. The average molecular weight is 322 g/mol. The number of nitrogens with one attached hydrogen (secondary N) is 1. The monoisotopic (exact) mass is 322 g/mol. The lowest BCUT2D eigenvalue weighted by atomic mass is 10.1. The summed E-state index contributed by atoms with van der Waals surface area (Å²) in [6.45, 7) is 3.95. The number of rotatable bonds is 5. The second-order valence-corrected chi connectivity index (χ2v) is 5.08. The Kier molecular flexibility index (Phi) is 4.52. The number of aromatic nitrogens is 1. The molecule has 0 aliphatic rings. The Balaban J connectivity index is 1.94. The number of oxazole rings is 1. The number of nitrogens with zero attached hydrogens (tertiary/aromatic N) is 1. The van der Waals surface area contributed by atoms with Crippen LogP contribution in [0.15, 0.2) is 71.8 Å². The van der Waals surface area contributed by atoms with Crippen molar-refractivity contribution in [1.82, 2.24) is 10.3 Å². The molecule has 1 heterocycles. The molecule has 0 radical (unpaired) electrons. The molecular formula is C19H15FN2O2. The molecule has 3 rings (SSSR count). The van der Waals surface area contributed by atoms with Gasteiger partial charge in [0.15, 0.2) is 5.76 Å². The van der Waals surface area contributed by atoms with Crippen molar-refractivity contribution in [2.45, 2.75) is 0 Å². The summed E-state index contributed by atoms with van der Waals surface area (Å²) in [7, 11) is 0. The summed E-state index contributed by atoms with van der Waals surface area (Å²) in [5.41, 5.74) is 1.77. The van der Waals surface area contributed by atoms with Gasteiger partial charge in [-0.3, -0.25) is 4.79 Å². The first kappa shape index (κ1) is 15.7. The predicted octanol–water partition coefficient (Wildman–Crippen LogP) is 4.06. The molecule has 2 aromatic carbocycles. The van der Waals surface area contributed by atoms with E-state index in [9.17, 15) is 9.18 Å². The van der Waals surface area contributed by atoms with Crippen molar-refractivity contribution in [1.29, 1.82) is 0 Å². The van der Waals surface area contributed by atoms with Gasteiger partial charge in [-0.2, -0.15) is 0 Å². The van der Waals surface area contributed by atoms with Gasteiger partial charge in [0, 0.05) is 17.7 Å². The van der Waals surface area contributed by atoms with Crippen LogP contribution in [0.3, 0.4) is 0 Å². The minimum atomic E-state index is -0.317. The summed E-state index contributed by atoms with van der Waals surface area (Å²) < 4.78 is 18.8. The summed E-state index contributed by atoms with van der Waals surface area (Å²) in [5, 5.41) is 2.74. The molecule has 0 bridgehead atoms. The third-order valence-electron chi connectivity index (χ3n) is 3.44. The van der Waals surface area contributed by atoms with Gasteiger partial charge in [0.25, 0.3) is 5.91 Å². The largest absolute Gasteiger partial charge is 0.436 e. The molecule has 0 aliphatic carbocycles. The van der Waals surface area contributed by atoms with E-state index in [4.69, 9.17) is 4.42 Å². The van der Waals surface area contributed by atoms with Crippen molar-refractivity contribution in [3.05, 3.63) is 78.8 Å². The highest BCUT2D eigenvalue weighted by Gasteiger charge is 2.16. The summed E-state index contributed by atoms with van der Waals surface area (Å²) in [4.78, 5) is 16.5. The quantitative estimate of drug-likeness (QED) is 0.721. The second kappa shape index (κ2) is 6.91. The van der Waals surface area contributed by atoms with E-state index in [2.05, 4.69) is 16.9 Å². The van der Waals surface area contributed by atoms with Crippen LogP contribution >= 0.6 is 0 Å². The zero-order valence-electron chi connectivity index (χ0n) is 12.8. The molecule has 0 aliphatic heterocycles. The number of benzene rings is 2. The van der Waals surface area contributed by atoms with E-state index >= 15 is 0 Å². The zero-order chi connectivity index (χ0) is 16.9.